The minimum atomic E-state index is -1.05. The van der Waals surface area contributed by atoms with Gasteiger partial charge in [0.15, 0.2) is 0 Å². The quantitative estimate of drug-likeness (QED) is 0.700. The van der Waals surface area contributed by atoms with Crippen LogP contribution >= 0.6 is 0 Å². The molecule has 0 fully saturated rings. The zero-order chi connectivity index (χ0) is 12.1. The maximum absolute atomic E-state index is 11.2. The lowest BCUT2D eigenvalue weighted by Gasteiger charge is -2.20. The summed E-state index contributed by atoms with van der Waals surface area (Å²) >= 11 is 0. The van der Waals surface area contributed by atoms with E-state index in [4.69, 9.17) is 9.84 Å². The van der Waals surface area contributed by atoms with Crippen molar-refractivity contribution < 1.29 is 19.4 Å². The number of alkyl carbamates (subject to hydrolysis) is 1. The molecule has 1 amide bonds. The highest BCUT2D eigenvalue weighted by atomic mass is 16.6. The highest BCUT2D eigenvalue weighted by Crippen LogP contribution is 2.06. The number of carboxylic acid groups (broad SMARTS) is 1. The van der Waals surface area contributed by atoms with Crippen LogP contribution in [0.25, 0.3) is 0 Å². The van der Waals surface area contributed by atoms with Gasteiger partial charge in [-0.05, 0) is 27.7 Å². The Bertz CT molecular complexity index is 265. The van der Waals surface area contributed by atoms with Crippen molar-refractivity contribution in [3.8, 4) is 0 Å². The van der Waals surface area contributed by atoms with Crippen molar-refractivity contribution >= 4 is 12.1 Å². The molecule has 1 unspecified atom stereocenters. The van der Waals surface area contributed by atoms with Gasteiger partial charge < -0.3 is 15.2 Å². The van der Waals surface area contributed by atoms with Gasteiger partial charge in [0.25, 0.3) is 0 Å². The Hall–Kier alpha value is -1.52. The van der Waals surface area contributed by atoms with Crippen LogP contribution in [0.4, 0.5) is 4.79 Å². The van der Waals surface area contributed by atoms with Gasteiger partial charge in [0.1, 0.15) is 5.60 Å². The van der Waals surface area contributed by atoms with Crippen molar-refractivity contribution in [2.45, 2.75) is 39.3 Å². The lowest BCUT2D eigenvalue weighted by atomic mass is 10.2. The van der Waals surface area contributed by atoms with E-state index in [1.165, 1.54) is 6.08 Å². The predicted octanol–water partition coefficient (Wildman–Crippen LogP) is 1.54. The molecule has 5 nitrogen and oxygen atoms in total. The smallest absolute Gasteiger partial charge is 0.408 e. The Labute approximate surface area is 89.1 Å². The number of ether oxygens (including phenoxy) is 1. The molecule has 0 spiro atoms. The van der Waals surface area contributed by atoms with E-state index in [1.54, 1.807) is 27.7 Å². The summed E-state index contributed by atoms with van der Waals surface area (Å²) in [5, 5.41) is 10.8. The third-order valence-corrected chi connectivity index (χ3v) is 1.27. The summed E-state index contributed by atoms with van der Waals surface area (Å²) in [5.74, 6) is -1.05. The molecule has 0 aliphatic rings. The molecule has 0 aromatic rings. The van der Waals surface area contributed by atoms with Crippen LogP contribution in [0.2, 0.25) is 0 Å². The van der Waals surface area contributed by atoms with E-state index in [0.717, 1.165) is 6.08 Å². The molecule has 0 radical (unpaired) electrons. The number of carbonyl (C=O) groups excluding carboxylic acids is 1. The van der Waals surface area contributed by atoms with Crippen molar-refractivity contribution in [1.82, 2.24) is 5.32 Å². The highest BCUT2D eigenvalue weighted by Gasteiger charge is 2.16. The van der Waals surface area contributed by atoms with Crippen LogP contribution in [-0.2, 0) is 9.53 Å². The number of hydrogen-bond acceptors (Lipinski definition) is 3. The van der Waals surface area contributed by atoms with Crippen LogP contribution in [0.3, 0.4) is 0 Å². The van der Waals surface area contributed by atoms with E-state index in [9.17, 15) is 9.59 Å². The summed E-state index contributed by atoms with van der Waals surface area (Å²) < 4.78 is 4.98. The largest absolute Gasteiger partial charge is 0.478 e. The summed E-state index contributed by atoms with van der Waals surface area (Å²) in [4.78, 5) is 21.4. The van der Waals surface area contributed by atoms with Crippen LogP contribution in [0.5, 0.6) is 0 Å². The molecule has 0 bridgehead atoms. The van der Waals surface area contributed by atoms with E-state index >= 15 is 0 Å². The van der Waals surface area contributed by atoms with Gasteiger partial charge in [0.2, 0.25) is 0 Å². The molecule has 0 saturated carbocycles. The van der Waals surface area contributed by atoms with Gasteiger partial charge in [-0.3, -0.25) is 0 Å². The average Bonchev–Trinajstić information content (AvgIpc) is 1.96. The summed E-state index contributed by atoms with van der Waals surface area (Å²) in [5.41, 5.74) is -0.555. The molecule has 0 aromatic carbocycles. The first-order valence-corrected chi connectivity index (χ1v) is 4.61. The van der Waals surface area contributed by atoms with Crippen LogP contribution in [0.15, 0.2) is 12.2 Å². The standard InChI is InChI=1S/C10H17NO4/c1-7(5-6-8(12)13)11-9(14)15-10(2,3)4/h5-7H,1-4H3,(H,11,14)(H,12,13). The van der Waals surface area contributed by atoms with Gasteiger partial charge in [0, 0.05) is 12.1 Å². The van der Waals surface area contributed by atoms with Crippen molar-refractivity contribution in [3.63, 3.8) is 0 Å². The van der Waals surface area contributed by atoms with Gasteiger partial charge in [-0.2, -0.15) is 0 Å². The second-order valence-corrected chi connectivity index (χ2v) is 4.13. The number of amides is 1. The molecule has 86 valence electrons. The second kappa shape index (κ2) is 5.38. The molecule has 0 aromatic heterocycles. The Balaban J connectivity index is 4.02. The van der Waals surface area contributed by atoms with E-state index in [-0.39, 0.29) is 6.04 Å². The molecular formula is C10H17NO4. The maximum atomic E-state index is 11.2. The van der Waals surface area contributed by atoms with E-state index in [0.29, 0.717) is 0 Å². The van der Waals surface area contributed by atoms with Crippen LogP contribution in [0.1, 0.15) is 27.7 Å². The third kappa shape index (κ3) is 8.80. The summed E-state index contributed by atoms with van der Waals surface area (Å²) in [6.07, 6.45) is 1.78. The zero-order valence-electron chi connectivity index (χ0n) is 9.40. The molecule has 0 heterocycles. The normalized spacial score (nSPS) is 13.6. The fourth-order valence-electron chi connectivity index (χ4n) is 0.768. The lowest BCUT2D eigenvalue weighted by Crippen LogP contribution is -2.36. The van der Waals surface area contributed by atoms with Crippen LogP contribution in [0, 0.1) is 0 Å². The summed E-state index contributed by atoms with van der Waals surface area (Å²) in [6.45, 7) is 6.92. The van der Waals surface area contributed by atoms with Gasteiger partial charge >= 0.3 is 12.1 Å². The Morgan fingerprint density at radius 1 is 1.40 bits per heavy atom. The first kappa shape index (κ1) is 13.5. The minimum absolute atomic E-state index is 0.379. The van der Waals surface area contributed by atoms with Gasteiger partial charge in [-0.1, -0.05) is 6.08 Å². The first-order chi connectivity index (χ1) is 6.70. The number of aliphatic carboxylic acids is 1. The number of carbonyl (C=O) groups is 2. The van der Waals surface area contributed by atoms with Crippen molar-refractivity contribution in [3.05, 3.63) is 12.2 Å². The molecule has 0 aliphatic carbocycles. The van der Waals surface area contributed by atoms with Crippen LogP contribution < -0.4 is 5.32 Å². The molecular weight excluding hydrogens is 198 g/mol. The van der Waals surface area contributed by atoms with Gasteiger partial charge in [-0.15, -0.1) is 0 Å². The first-order valence-electron chi connectivity index (χ1n) is 4.61. The molecule has 0 saturated heterocycles. The highest BCUT2D eigenvalue weighted by molar-refractivity contribution is 5.80. The Morgan fingerprint density at radius 3 is 2.33 bits per heavy atom. The lowest BCUT2D eigenvalue weighted by molar-refractivity contribution is -0.131. The Morgan fingerprint density at radius 2 is 1.93 bits per heavy atom. The fourth-order valence-corrected chi connectivity index (χ4v) is 0.768. The number of rotatable bonds is 3. The number of carboxylic acids is 1. The molecule has 0 aliphatic heterocycles. The average molecular weight is 215 g/mol. The summed E-state index contributed by atoms with van der Waals surface area (Å²) in [6, 6.07) is -0.379. The SMILES string of the molecule is CC(C=CC(=O)O)NC(=O)OC(C)(C)C. The van der Waals surface area contributed by atoms with Gasteiger partial charge in [0.05, 0.1) is 0 Å². The fraction of sp³-hybridized carbons (Fsp3) is 0.600. The Kier molecular flexibility index (Phi) is 4.84. The van der Waals surface area contributed by atoms with Crippen molar-refractivity contribution in [2.75, 3.05) is 0 Å². The maximum Gasteiger partial charge on any atom is 0.408 e. The van der Waals surface area contributed by atoms with Crippen molar-refractivity contribution in [2.24, 2.45) is 0 Å². The summed E-state index contributed by atoms with van der Waals surface area (Å²) in [7, 11) is 0. The van der Waals surface area contributed by atoms with E-state index in [2.05, 4.69) is 5.32 Å². The zero-order valence-corrected chi connectivity index (χ0v) is 9.40. The predicted molar refractivity (Wildman–Crippen MR) is 55.6 cm³/mol. The number of hydrogen-bond donors (Lipinski definition) is 2. The van der Waals surface area contributed by atoms with Crippen molar-refractivity contribution in [1.29, 1.82) is 0 Å². The monoisotopic (exact) mass is 215 g/mol. The second-order valence-electron chi connectivity index (χ2n) is 4.13. The van der Waals surface area contributed by atoms with E-state index < -0.39 is 17.7 Å². The molecule has 1 atom stereocenters. The third-order valence-electron chi connectivity index (χ3n) is 1.27. The molecule has 0 rings (SSSR count). The molecule has 15 heavy (non-hydrogen) atoms. The number of nitrogens with one attached hydrogen (secondary N) is 1. The van der Waals surface area contributed by atoms with Gasteiger partial charge in [-0.25, -0.2) is 9.59 Å². The topological polar surface area (TPSA) is 75.6 Å². The molecule has 5 heteroatoms. The molecule has 2 N–H and O–H groups in total. The van der Waals surface area contributed by atoms with E-state index in [1.807, 2.05) is 0 Å². The minimum Gasteiger partial charge on any atom is -0.478 e. The van der Waals surface area contributed by atoms with Crippen LogP contribution in [-0.4, -0.2) is 28.8 Å².